The molecule has 0 unspecified atom stereocenters. The van der Waals surface area contributed by atoms with Gasteiger partial charge in [0.05, 0.1) is 19.3 Å². The summed E-state index contributed by atoms with van der Waals surface area (Å²) in [6.45, 7) is 1.34. The van der Waals surface area contributed by atoms with E-state index < -0.39 is 6.04 Å². The summed E-state index contributed by atoms with van der Waals surface area (Å²) in [4.78, 5) is 0. The van der Waals surface area contributed by atoms with Crippen LogP contribution in [-0.2, 0) is 0 Å². The van der Waals surface area contributed by atoms with Crippen LogP contribution in [0, 0.1) is 12.7 Å². The second-order valence-electron chi connectivity index (χ2n) is 3.17. The van der Waals surface area contributed by atoms with Gasteiger partial charge in [0.2, 0.25) is 0 Å². The molecule has 0 amide bonds. The van der Waals surface area contributed by atoms with Crippen molar-refractivity contribution in [2.24, 2.45) is 0 Å². The van der Waals surface area contributed by atoms with Gasteiger partial charge in [-0.25, -0.2) is 4.39 Å². The molecule has 3 nitrogen and oxygen atoms in total. The minimum absolute atomic E-state index is 0.160. The number of halogens is 1. The van der Waals surface area contributed by atoms with E-state index in [2.05, 4.69) is 5.32 Å². The van der Waals surface area contributed by atoms with Gasteiger partial charge in [-0.2, -0.15) is 0 Å². The number of aryl methyl sites for hydroxylation is 1. The Kier molecular flexibility index (Phi) is 3.85. The van der Waals surface area contributed by atoms with E-state index in [1.165, 1.54) is 6.07 Å². The zero-order valence-electron chi connectivity index (χ0n) is 8.00. The Balaban J connectivity index is 2.72. The van der Waals surface area contributed by atoms with Crippen molar-refractivity contribution in [3.8, 4) is 0 Å². The van der Waals surface area contributed by atoms with Crippen molar-refractivity contribution in [2.75, 3.05) is 18.5 Å². The van der Waals surface area contributed by atoms with Gasteiger partial charge in [-0.3, -0.25) is 0 Å². The number of benzene rings is 1. The highest BCUT2D eigenvalue weighted by molar-refractivity contribution is 5.46. The van der Waals surface area contributed by atoms with Gasteiger partial charge < -0.3 is 15.5 Å². The summed E-state index contributed by atoms with van der Waals surface area (Å²) >= 11 is 0. The molecule has 3 N–H and O–H groups in total. The summed E-state index contributed by atoms with van der Waals surface area (Å²) in [7, 11) is 0. The van der Waals surface area contributed by atoms with E-state index in [1.54, 1.807) is 19.1 Å². The minimum Gasteiger partial charge on any atom is -0.394 e. The molecule has 14 heavy (non-hydrogen) atoms. The molecule has 0 radical (unpaired) electrons. The Hall–Kier alpha value is -1.13. The highest BCUT2D eigenvalue weighted by atomic mass is 19.1. The first-order chi connectivity index (χ1) is 6.67. The van der Waals surface area contributed by atoms with E-state index in [1.807, 2.05) is 0 Å². The lowest BCUT2D eigenvalue weighted by atomic mass is 10.2. The molecule has 0 spiro atoms. The Morgan fingerprint density at radius 3 is 2.50 bits per heavy atom. The average molecular weight is 199 g/mol. The molecule has 0 aliphatic heterocycles. The number of hydrogen-bond acceptors (Lipinski definition) is 3. The van der Waals surface area contributed by atoms with Crippen LogP contribution in [-0.4, -0.2) is 29.5 Å². The average Bonchev–Trinajstić information content (AvgIpc) is 2.19. The zero-order chi connectivity index (χ0) is 10.6. The smallest absolute Gasteiger partial charge is 0.126 e. The summed E-state index contributed by atoms with van der Waals surface area (Å²) in [6, 6.07) is 4.15. The molecule has 0 saturated carbocycles. The van der Waals surface area contributed by atoms with E-state index >= 15 is 0 Å². The Morgan fingerprint density at radius 2 is 2.00 bits per heavy atom. The van der Waals surface area contributed by atoms with Gasteiger partial charge in [-0.1, -0.05) is 0 Å². The monoisotopic (exact) mass is 199 g/mol. The first-order valence-corrected chi connectivity index (χ1v) is 4.41. The van der Waals surface area contributed by atoms with Crippen LogP contribution in [0.4, 0.5) is 10.1 Å². The molecule has 0 fully saturated rings. The quantitative estimate of drug-likeness (QED) is 0.675. The SMILES string of the molecule is Cc1cc(NC(CO)CO)ccc1F. The molecule has 4 heteroatoms. The molecule has 1 rings (SSSR count). The van der Waals surface area contributed by atoms with E-state index in [0.717, 1.165) is 0 Å². The molecule has 0 aliphatic carbocycles. The number of hydrogen-bond donors (Lipinski definition) is 3. The zero-order valence-corrected chi connectivity index (χ0v) is 8.00. The van der Waals surface area contributed by atoms with Crippen molar-refractivity contribution in [1.29, 1.82) is 0 Å². The lowest BCUT2D eigenvalue weighted by Crippen LogP contribution is -2.27. The largest absolute Gasteiger partial charge is 0.394 e. The van der Waals surface area contributed by atoms with Crippen LogP contribution in [0.15, 0.2) is 18.2 Å². The highest BCUT2D eigenvalue weighted by Crippen LogP contribution is 2.14. The maximum Gasteiger partial charge on any atom is 0.126 e. The molecule has 78 valence electrons. The second-order valence-corrected chi connectivity index (χ2v) is 3.17. The van der Waals surface area contributed by atoms with Crippen LogP contribution in [0.2, 0.25) is 0 Å². The summed E-state index contributed by atoms with van der Waals surface area (Å²) in [5.41, 5.74) is 1.22. The molecule has 0 bridgehead atoms. The second kappa shape index (κ2) is 4.93. The Morgan fingerprint density at radius 1 is 1.36 bits per heavy atom. The molecule has 0 atom stereocenters. The lowest BCUT2D eigenvalue weighted by Gasteiger charge is -2.15. The van der Waals surface area contributed by atoms with Crippen LogP contribution in [0.3, 0.4) is 0 Å². The number of aliphatic hydroxyl groups is 2. The minimum atomic E-state index is -0.403. The van der Waals surface area contributed by atoms with Gasteiger partial charge in [0.15, 0.2) is 0 Å². The van der Waals surface area contributed by atoms with E-state index in [-0.39, 0.29) is 19.0 Å². The molecule has 0 aliphatic rings. The van der Waals surface area contributed by atoms with Gasteiger partial charge in [0.25, 0.3) is 0 Å². The van der Waals surface area contributed by atoms with Gasteiger partial charge in [0, 0.05) is 5.69 Å². The van der Waals surface area contributed by atoms with Gasteiger partial charge in [-0.05, 0) is 30.7 Å². The van der Waals surface area contributed by atoms with Crippen LogP contribution in [0.1, 0.15) is 5.56 Å². The third-order valence-corrected chi connectivity index (χ3v) is 1.97. The predicted octanol–water partition coefficient (Wildman–Crippen LogP) is 0.899. The summed E-state index contributed by atoms with van der Waals surface area (Å²) in [5, 5.41) is 20.5. The normalized spacial score (nSPS) is 10.6. The van der Waals surface area contributed by atoms with E-state index in [4.69, 9.17) is 10.2 Å². The fourth-order valence-electron chi connectivity index (χ4n) is 1.12. The molecule has 0 heterocycles. The Bertz CT molecular complexity index is 300. The molecule has 1 aromatic rings. The van der Waals surface area contributed by atoms with Crippen molar-refractivity contribution in [1.82, 2.24) is 0 Å². The number of nitrogens with one attached hydrogen (secondary N) is 1. The number of rotatable bonds is 4. The summed E-state index contributed by atoms with van der Waals surface area (Å²) in [6.07, 6.45) is 0. The van der Waals surface area contributed by atoms with Crippen LogP contribution >= 0.6 is 0 Å². The van der Waals surface area contributed by atoms with Crippen molar-refractivity contribution in [2.45, 2.75) is 13.0 Å². The third kappa shape index (κ3) is 2.68. The molecular weight excluding hydrogens is 185 g/mol. The van der Waals surface area contributed by atoms with Crippen molar-refractivity contribution in [3.63, 3.8) is 0 Å². The topological polar surface area (TPSA) is 52.5 Å². The highest BCUT2D eigenvalue weighted by Gasteiger charge is 2.05. The van der Waals surface area contributed by atoms with Gasteiger partial charge in [0.1, 0.15) is 5.82 Å². The van der Waals surface area contributed by atoms with Crippen LogP contribution in [0.25, 0.3) is 0 Å². The van der Waals surface area contributed by atoms with Crippen molar-refractivity contribution >= 4 is 5.69 Å². The molecule has 0 aromatic heterocycles. The van der Waals surface area contributed by atoms with Crippen molar-refractivity contribution < 1.29 is 14.6 Å². The van der Waals surface area contributed by atoms with Gasteiger partial charge in [-0.15, -0.1) is 0 Å². The van der Waals surface area contributed by atoms with Crippen molar-refractivity contribution in [3.05, 3.63) is 29.6 Å². The first-order valence-electron chi connectivity index (χ1n) is 4.41. The maximum absolute atomic E-state index is 12.9. The van der Waals surface area contributed by atoms with E-state index in [9.17, 15) is 4.39 Å². The maximum atomic E-state index is 12.9. The fourth-order valence-corrected chi connectivity index (χ4v) is 1.12. The fraction of sp³-hybridized carbons (Fsp3) is 0.400. The third-order valence-electron chi connectivity index (χ3n) is 1.97. The molecule has 0 saturated heterocycles. The Labute approximate surface area is 82.2 Å². The van der Waals surface area contributed by atoms with E-state index in [0.29, 0.717) is 11.3 Å². The number of anilines is 1. The summed E-state index contributed by atoms with van der Waals surface area (Å²) in [5.74, 6) is -0.264. The predicted molar refractivity (Wildman–Crippen MR) is 52.7 cm³/mol. The van der Waals surface area contributed by atoms with Crippen LogP contribution in [0.5, 0.6) is 0 Å². The molecule has 1 aromatic carbocycles. The lowest BCUT2D eigenvalue weighted by molar-refractivity contribution is 0.204. The number of aliphatic hydroxyl groups excluding tert-OH is 2. The molecular formula is C10H14FNO2. The summed E-state index contributed by atoms with van der Waals surface area (Å²) < 4.78 is 12.9. The van der Waals surface area contributed by atoms with Gasteiger partial charge >= 0.3 is 0 Å². The standard InChI is InChI=1S/C10H14FNO2/c1-7-4-8(2-3-10(7)11)12-9(5-13)6-14/h2-4,9,12-14H,5-6H2,1H3. The first kappa shape index (κ1) is 10.9. The van der Waals surface area contributed by atoms with Crippen LogP contribution < -0.4 is 5.32 Å².